The Balaban J connectivity index is 2.08. The van der Waals surface area contributed by atoms with Crippen molar-refractivity contribution in [3.63, 3.8) is 0 Å². The van der Waals surface area contributed by atoms with E-state index in [-0.39, 0.29) is 16.9 Å². The highest BCUT2D eigenvalue weighted by Crippen LogP contribution is 2.51. The molecule has 0 aliphatic heterocycles. The quantitative estimate of drug-likeness (QED) is 0.689. The van der Waals surface area contributed by atoms with Crippen LogP contribution in [0.4, 0.5) is 13.2 Å². The minimum Gasteiger partial charge on any atom is -0.490 e. The first-order valence-electron chi connectivity index (χ1n) is 6.81. The summed E-state index contributed by atoms with van der Waals surface area (Å²) in [6, 6.07) is 4.85. The number of alkyl halides is 4. The lowest BCUT2D eigenvalue weighted by Crippen LogP contribution is -2.56. The summed E-state index contributed by atoms with van der Waals surface area (Å²) >= 11 is 6.29. The molecule has 2 atom stereocenters. The third-order valence-electron chi connectivity index (χ3n) is 4.46. The smallest absolute Gasteiger partial charge is 0.416 e. The molecule has 0 N–H and O–H groups in total. The van der Waals surface area contributed by atoms with Gasteiger partial charge in [0, 0.05) is 17.2 Å². The zero-order chi connectivity index (χ0) is 15.0. The molecule has 0 aromatic heterocycles. The molecule has 0 amide bonds. The molecule has 112 valence electrons. The van der Waals surface area contributed by atoms with Crippen LogP contribution >= 0.6 is 11.6 Å². The summed E-state index contributed by atoms with van der Waals surface area (Å²) in [4.78, 5) is 0. The number of halogens is 4. The molecular formula is C15H18ClF3O. The van der Waals surface area contributed by atoms with Gasteiger partial charge in [-0.2, -0.15) is 13.2 Å². The van der Waals surface area contributed by atoms with Gasteiger partial charge in [-0.1, -0.05) is 13.8 Å². The first-order valence-corrected chi connectivity index (χ1v) is 7.25. The molecule has 1 fully saturated rings. The first kappa shape index (κ1) is 15.5. The third-order valence-corrected chi connectivity index (χ3v) is 5.08. The number of rotatable bonds is 4. The summed E-state index contributed by atoms with van der Waals surface area (Å²) < 4.78 is 43.3. The fourth-order valence-corrected chi connectivity index (χ4v) is 3.51. The van der Waals surface area contributed by atoms with E-state index in [1.165, 1.54) is 12.1 Å². The Morgan fingerprint density at radius 2 is 1.75 bits per heavy atom. The normalized spacial score (nSPS) is 25.1. The zero-order valence-electron chi connectivity index (χ0n) is 11.5. The van der Waals surface area contributed by atoms with Gasteiger partial charge in [0.25, 0.3) is 0 Å². The van der Waals surface area contributed by atoms with Gasteiger partial charge in [0.15, 0.2) is 0 Å². The summed E-state index contributed by atoms with van der Waals surface area (Å²) in [7, 11) is 0. The standard InChI is InChI=1S/C15H18ClF3O/c1-3-14(4-2)12(16)9-13(14)20-11-7-5-10(6-8-11)15(17,18)19/h5-8,12-13H,3-4,9H2,1-2H3. The molecule has 1 aromatic carbocycles. The van der Waals surface area contributed by atoms with Gasteiger partial charge in [-0.05, 0) is 37.1 Å². The molecule has 0 radical (unpaired) electrons. The van der Waals surface area contributed by atoms with E-state index >= 15 is 0 Å². The fourth-order valence-electron chi connectivity index (χ4n) is 2.90. The van der Waals surface area contributed by atoms with Crippen LogP contribution in [0.3, 0.4) is 0 Å². The molecule has 2 unspecified atom stereocenters. The largest absolute Gasteiger partial charge is 0.490 e. The van der Waals surface area contributed by atoms with Crippen LogP contribution in [0.25, 0.3) is 0 Å². The molecule has 1 aliphatic carbocycles. The average molecular weight is 307 g/mol. The molecule has 2 rings (SSSR count). The molecule has 0 saturated heterocycles. The van der Waals surface area contributed by atoms with Crippen molar-refractivity contribution < 1.29 is 17.9 Å². The van der Waals surface area contributed by atoms with E-state index in [2.05, 4.69) is 13.8 Å². The van der Waals surface area contributed by atoms with Crippen LogP contribution < -0.4 is 4.74 Å². The van der Waals surface area contributed by atoms with Crippen molar-refractivity contribution in [2.45, 2.75) is 50.8 Å². The van der Waals surface area contributed by atoms with Crippen LogP contribution in [0, 0.1) is 5.41 Å². The van der Waals surface area contributed by atoms with Crippen LogP contribution in [0.15, 0.2) is 24.3 Å². The second kappa shape index (κ2) is 5.47. The van der Waals surface area contributed by atoms with Gasteiger partial charge in [0.1, 0.15) is 11.9 Å². The van der Waals surface area contributed by atoms with Crippen LogP contribution in [-0.2, 0) is 6.18 Å². The Kier molecular flexibility index (Phi) is 4.24. The highest BCUT2D eigenvalue weighted by atomic mass is 35.5. The minimum absolute atomic E-state index is 0.0169. The van der Waals surface area contributed by atoms with E-state index in [0.29, 0.717) is 5.75 Å². The van der Waals surface area contributed by atoms with Gasteiger partial charge in [-0.3, -0.25) is 0 Å². The average Bonchev–Trinajstić information content (AvgIpc) is 2.39. The highest BCUT2D eigenvalue weighted by Gasteiger charge is 2.53. The lowest BCUT2D eigenvalue weighted by molar-refractivity contribution is -0.137. The Labute approximate surface area is 122 Å². The molecule has 20 heavy (non-hydrogen) atoms. The maximum absolute atomic E-state index is 12.5. The van der Waals surface area contributed by atoms with Crippen molar-refractivity contribution in [3.05, 3.63) is 29.8 Å². The zero-order valence-corrected chi connectivity index (χ0v) is 12.3. The number of hydrogen-bond acceptors (Lipinski definition) is 1. The number of benzene rings is 1. The van der Waals surface area contributed by atoms with E-state index in [1.807, 2.05) is 0 Å². The van der Waals surface area contributed by atoms with Crippen molar-refractivity contribution >= 4 is 11.6 Å². The molecule has 5 heteroatoms. The van der Waals surface area contributed by atoms with E-state index in [9.17, 15) is 13.2 Å². The predicted molar refractivity (Wildman–Crippen MR) is 73.1 cm³/mol. The van der Waals surface area contributed by atoms with Gasteiger partial charge >= 0.3 is 6.18 Å². The summed E-state index contributed by atoms with van der Waals surface area (Å²) in [5.74, 6) is 0.470. The monoisotopic (exact) mass is 306 g/mol. The van der Waals surface area contributed by atoms with Crippen molar-refractivity contribution in [1.29, 1.82) is 0 Å². The molecule has 1 nitrogen and oxygen atoms in total. The Morgan fingerprint density at radius 3 is 2.15 bits per heavy atom. The second-order valence-corrected chi connectivity index (χ2v) is 5.80. The molecule has 0 bridgehead atoms. The lowest BCUT2D eigenvalue weighted by Gasteiger charge is -2.52. The molecular weight excluding hydrogens is 289 g/mol. The molecule has 1 saturated carbocycles. The number of hydrogen-bond donors (Lipinski definition) is 0. The fraction of sp³-hybridized carbons (Fsp3) is 0.600. The third kappa shape index (κ3) is 2.62. The van der Waals surface area contributed by atoms with E-state index < -0.39 is 11.7 Å². The maximum Gasteiger partial charge on any atom is 0.416 e. The summed E-state index contributed by atoms with van der Waals surface area (Å²) in [5.41, 5.74) is -0.726. The van der Waals surface area contributed by atoms with Crippen LogP contribution in [-0.4, -0.2) is 11.5 Å². The van der Waals surface area contributed by atoms with Crippen molar-refractivity contribution in [2.75, 3.05) is 0 Å². The van der Waals surface area contributed by atoms with E-state index in [1.54, 1.807) is 0 Å². The minimum atomic E-state index is -4.31. The maximum atomic E-state index is 12.5. The molecule has 0 spiro atoms. The van der Waals surface area contributed by atoms with Crippen LogP contribution in [0.5, 0.6) is 5.75 Å². The lowest BCUT2D eigenvalue weighted by atomic mass is 9.62. The topological polar surface area (TPSA) is 9.23 Å². The van der Waals surface area contributed by atoms with Gasteiger partial charge in [-0.15, -0.1) is 11.6 Å². The van der Waals surface area contributed by atoms with E-state index in [4.69, 9.17) is 16.3 Å². The summed E-state index contributed by atoms with van der Waals surface area (Å²) in [6.07, 6.45) is -1.78. The Hall–Kier alpha value is -0.900. The Morgan fingerprint density at radius 1 is 1.20 bits per heavy atom. The molecule has 1 aromatic rings. The predicted octanol–water partition coefficient (Wildman–Crippen LogP) is 5.27. The Bertz CT molecular complexity index is 451. The van der Waals surface area contributed by atoms with Crippen LogP contribution in [0.2, 0.25) is 0 Å². The summed E-state index contributed by atoms with van der Waals surface area (Å²) in [5, 5.41) is 0.0805. The first-order chi connectivity index (χ1) is 9.33. The van der Waals surface area contributed by atoms with Gasteiger partial charge in [0.2, 0.25) is 0 Å². The van der Waals surface area contributed by atoms with Gasteiger partial charge < -0.3 is 4.74 Å². The summed E-state index contributed by atoms with van der Waals surface area (Å²) in [6.45, 7) is 4.14. The second-order valence-electron chi connectivity index (χ2n) is 5.27. The highest BCUT2D eigenvalue weighted by molar-refractivity contribution is 6.21. The SMILES string of the molecule is CCC1(CC)C(Cl)CC1Oc1ccc(C(F)(F)F)cc1. The number of ether oxygens (including phenoxy) is 1. The van der Waals surface area contributed by atoms with Gasteiger partial charge in [0.05, 0.1) is 5.56 Å². The van der Waals surface area contributed by atoms with Crippen molar-refractivity contribution in [1.82, 2.24) is 0 Å². The van der Waals surface area contributed by atoms with E-state index in [0.717, 1.165) is 31.4 Å². The van der Waals surface area contributed by atoms with Crippen LogP contribution in [0.1, 0.15) is 38.7 Å². The van der Waals surface area contributed by atoms with Crippen molar-refractivity contribution in [2.24, 2.45) is 5.41 Å². The van der Waals surface area contributed by atoms with Gasteiger partial charge in [-0.25, -0.2) is 0 Å². The molecule has 0 heterocycles. The van der Waals surface area contributed by atoms with Crippen molar-refractivity contribution in [3.8, 4) is 5.75 Å². The molecule has 1 aliphatic rings.